The maximum atomic E-state index is 10.6. The van der Waals surface area contributed by atoms with Gasteiger partial charge in [0.1, 0.15) is 17.5 Å². The predicted molar refractivity (Wildman–Crippen MR) is 90.9 cm³/mol. The van der Waals surface area contributed by atoms with Crippen LogP contribution in [0.3, 0.4) is 0 Å². The topological polar surface area (TPSA) is 54.4 Å². The highest BCUT2D eigenvalue weighted by Gasteiger charge is 2.42. The third-order valence-corrected chi connectivity index (χ3v) is 4.49. The van der Waals surface area contributed by atoms with Crippen LogP contribution in [-0.4, -0.2) is 28.3 Å². The quantitative estimate of drug-likeness (QED) is 0.903. The Morgan fingerprint density at radius 3 is 2.74 bits per heavy atom. The van der Waals surface area contributed by atoms with Crippen LogP contribution in [0.1, 0.15) is 31.0 Å². The average Bonchev–Trinajstić information content (AvgIpc) is 2.52. The molecule has 3 rings (SSSR count). The molecule has 5 heteroatoms. The summed E-state index contributed by atoms with van der Waals surface area (Å²) in [6.07, 6.45) is 3.67. The van der Waals surface area contributed by atoms with E-state index >= 15 is 0 Å². The minimum absolute atomic E-state index is 0.199. The molecule has 0 aliphatic carbocycles. The van der Waals surface area contributed by atoms with E-state index in [2.05, 4.69) is 10.3 Å². The van der Waals surface area contributed by atoms with Crippen molar-refractivity contribution in [1.29, 1.82) is 0 Å². The fraction of sp³-hybridized carbons (Fsp3) is 0.389. The Kier molecular flexibility index (Phi) is 4.57. The molecule has 0 radical (unpaired) electrons. The Hall–Kier alpha value is -1.62. The Balaban J connectivity index is 1.72. The van der Waals surface area contributed by atoms with Crippen LogP contribution in [0.2, 0.25) is 5.02 Å². The smallest absolute Gasteiger partial charge is 0.131 e. The summed E-state index contributed by atoms with van der Waals surface area (Å²) in [6, 6.07) is 9.46. The molecule has 0 fully saturated rings. The summed E-state index contributed by atoms with van der Waals surface area (Å²) in [5.74, 6) is 0.777. The number of ether oxygens (including phenoxy) is 1. The van der Waals surface area contributed by atoms with Gasteiger partial charge in [0.25, 0.3) is 0 Å². The van der Waals surface area contributed by atoms with Gasteiger partial charge in [0, 0.05) is 23.0 Å². The lowest BCUT2D eigenvalue weighted by molar-refractivity contribution is -0.0645. The minimum Gasteiger partial charge on any atom is -0.485 e. The second-order valence-electron chi connectivity index (χ2n) is 6.37. The molecule has 1 aromatic heterocycles. The summed E-state index contributed by atoms with van der Waals surface area (Å²) in [5, 5.41) is 14.8. The lowest BCUT2D eigenvalue weighted by Crippen LogP contribution is -2.52. The lowest BCUT2D eigenvalue weighted by Gasteiger charge is -2.42. The first kappa shape index (κ1) is 16.2. The van der Waals surface area contributed by atoms with E-state index in [4.69, 9.17) is 16.3 Å². The zero-order valence-electron chi connectivity index (χ0n) is 13.3. The van der Waals surface area contributed by atoms with Gasteiger partial charge in [-0.05, 0) is 50.6 Å². The van der Waals surface area contributed by atoms with E-state index in [1.807, 2.05) is 44.2 Å². The Morgan fingerprint density at radius 2 is 2.00 bits per heavy atom. The van der Waals surface area contributed by atoms with E-state index in [-0.39, 0.29) is 6.04 Å². The summed E-state index contributed by atoms with van der Waals surface area (Å²) >= 11 is 5.90. The van der Waals surface area contributed by atoms with E-state index in [0.717, 1.165) is 29.3 Å². The number of pyridine rings is 1. The molecule has 2 N–H and O–H groups in total. The number of nitrogens with zero attached hydrogens (tertiary/aromatic N) is 1. The molecule has 23 heavy (non-hydrogen) atoms. The van der Waals surface area contributed by atoms with Gasteiger partial charge in [-0.25, -0.2) is 0 Å². The second kappa shape index (κ2) is 6.48. The molecule has 1 aliphatic heterocycles. The highest BCUT2D eigenvalue weighted by Crippen LogP contribution is 2.38. The van der Waals surface area contributed by atoms with Gasteiger partial charge in [-0.15, -0.1) is 0 Å². The van der Waals surface area contributed by atoms with E-state index in [0.29, 0.717) is 0 Å². The fourth-order valence-corrected chi connectivity index (χ4v) is 3.01. The van der Waals surface area contributed by atoms with Crippen LogP contribution >= 0.6 is 11.6 Å². The van der Waals surface area contributed by atoms with Gasteiger partial charge in [-0.3, -0.25) is 4.98 Å². The van der Waals surface area contributed by atoms with Gasteiger partial charge in [-0.2, -0.15) is 0 Å². The standard InChI is InChI=1S/C18H21ClN2O2/c1-18(2)17(22)16(14-11-20-9-8-15(14)23-18)21-10-7-12-3-5-13(19)6-4-12/h3-6,8-9,11,16-17,21-22H,7,10H2,1-2H3/t16-,17+/m0/s1. The molecule has 1 aromatic carbocycles. The minimum atomic E-state index is -0.649. The van der Waals surface area contributed by atoms with E-state index in [1.54, 1.807) is 12.4 Å². The third kappa shape index (κ3) is 3.50. The van der Waals surface area contributed by atoms with Crippen molar-refractivity contribution in [3.63, 3.8) is 0 Å². The molecule has 2 aromatic rings. The van der Waals surface area contributed by atoms with Crippen LogP contribution in [-0.2, 0) is 6.42 Å². The van der Waals surface area contributed by atoms with E-state index in [9.17, 15) is 5.11 Å². The SMILES string of the molecule is CC1(C)Oc2ccncc2[C@H](NCCc2ccc(Cl)cc2)[C@H]1O. The largest absolute Gasteiger partial charge is 0.485 e. The van der Waals surface area contributed by atoms with E-state index in [1.165, 1.54) is 5.56 Å². The van der Waals surface area contributed by atoms with Crippen molar-refractivity contribution >= 4 is 11.6 Å². The number of aromatic nitrogens is 1. The maximum Gasteiger partial charge on any atom is 0.131 e. The zero-order valence-corrected chi connectivity index (χ0v) is 14.0. The van der Waals surface area contributed by atoms with Crippen LogP contribution in [0.15, 0.2) is 42.7 Å². The Morgan fingerprint density at radius 1 is 1.26 bits per heavy atom. The Bertz CT molecular complexity index is 673. The van der Waals surface area contributed by atoms with Crippen molar-refractivity contribution in [3.8, 4) is 5.75 Å². The summed E-state index contributed by atoms with van der Waals surface area (Å²) in [6.45, 7) is 4.54. The molecule has 2 atom stereocenters. The predicted octanol–water partition coefficient (Wildman–Crippen LogP) is 3.14. The number of halogens is 1. The number of aliphatic hydroxyl groups is 1. The van der Waals surface area contributed by atoms with Crippen molar-refractivity contribution < 1.29 is 9.84 Å². The lowest BCUT2D eigenvalue weighted by atomic mass is 9.87. The van der Waals surface area contributed by atoms with Crippen molar-refractivity contribution in [2.75, 3.05) is 6.54 Å². The molecule has 0 bridgehead atoms. The third-order valence-electron chi connectivity index (χ3n) is 4.24. The summed E-state index contributed by atoms with van der Waals surface area (Å²) in [7, 11) is 0. The van der Waals surface area contributed by atoms with Gasteiger partial charge >= 0.3 is 0 Å². The molecular weight excluding hydrogens is 312 g/mol. The molecule has 1 aliphatic rings. The summed E-state index contributed by atoms with van der Waals surface area (Å²) in [5.41, 5.74) is 1.45. The summed E-state index contributed by atoms with van der Waals surface area (Å²) < 4.78 is 5.89. The van der Waals surface area contributed by atoms with Crippen molar-refractivity contribution in [2.24, 2.45) is 0 Å². The van der Waals surface area contributed by atoms with Crippen molar-refractivity contribution in [3.05, 3.63) is 58.9 Å². The first-order valence-electron chi connectivity index (χ1n) is 7.76. The number of hydrogen-bond donors (Lipinski definition) is 2. The van der Waals surface area contributed by atoms with Gasteiger partial charge in [-0.1, -0.05) is 23.7 Å². The normalized spacial score (nSPS) is 22.3. The van der Waals surface area contributed by atoms with Crippen LogP contribution in [0.25, 0.3) is 0 Å². The number of aliphatic hydroxyl groups excluding tert-OH is 1. The van der Waals surface area contributed by atoms with Crippen LogP contribution in [0.5, 0.6) is 5.75 Å². The first-order chi connectivity index (χ1) is 11.0. The van der Waals surface area contributed by atoms with Gasteiger partial charge in [0.2, 0.25) is 0 Å². The average molecular weight is 333 g/mol. The first-order valence-corrected chi connectivity index (χ1v) is 8.14. The van der Waals surface area contributed by atoms with Crippen LogP contribution in [0, 0.1) is 0 Å². The van der Waals surface area contributed by atoms with Gasteiger partial charge < -0.3 is 15.2 Å². The second-order valence-corrected chi connectivity index (χ2v) is 6.81. The maximum absolute atomic E-state index is 10.6. The molecule has 122 valence electrons. The van der Waals surface area contributed by atoms with Crippen LogP contribution < -0.4 is 10.1 Å². The molecule has 0 saturated carbocycles. The van der Waals surface area contributed by atoms with Gasteiger partial charge in [0.05, 0.1) is 6.04 Å². The zero-order chi connectivity index (χ0) is 16.4. The Labute approximate surface area is 141 Å². The highest BCUT2D eigenvalue weighted by atomic mass is 35.5. The van der Waals surface area contributed by atoms with Gasteiger partial charge in [0.15, 0.2) is 0 Å². The molecule has 0 amide bonds. The number of rotatable bonds is 4. The summed E-state index contributed by atoms with van der Waals surface area (Å²) in [4.78, 5) is 4.16. The molecular formula is C18H21ClN2O2. The molecule has 0 unspecified atom stereocenters. The monoisotopic (exact) mass is 332 g/mol. The van der Waals surface area contributed by atoms with E-state index < -0.39 is 11.7 Å². The fourth-order valence-electron chi connectivity index (χ4n) is 2.88. The van der Waals surface area contributed by atoms with Crippen LogP contribution in [0.4, 0.5) is 0 Å². The number of nitrogens with one attached hydrogen (secondary N) is 1. The van der Waals surface area contributed by atoms with Crippen molar-refractivity contribution in [1.82, 2.24) is 10.3 Å². The number of benzene rings is 1. The van der Waals surface area contributed by atoms with Crippen molar-refractivity contribution in [2.45, 2.75) is 38.0 Å². The molecule has 0 saturated heterocycles. The highest BCUT2D eigenvalue weighted by molar-refractivity contribution is 6.30. The molecule has 2 heterocycles. The number of fused-ring (bicyclic) bond motifs is 1. The molecule has 0 spiro atoms. The number of hydrogen-bond acceptors (Lipinski definition) is 4. The molecule has 4 nitrogen and oxygen atoms in total.